The van der Waals surface area contributed by atoms with Crippen LogP contribution in [0.4, 0.5) is 13.2 Å². The molecule has 0 bridgehead atoms. The maximum atomic E-state index is 12.9. The molecule has 1 aromatic heterocycles. The molecule has 1 atom stereocenters. The Hall–Kier alpha value is -2.74. The Kier molecular flexibility index (Phi) is 7.81. The monoisotopic (exact) mass is 490 g/mol. The fourth-order valence-corrected chi connectivity index (χ4v) is 4.67. The molecule has 34 heavy (non-hydrogen) atoms. The number of alkyl halides is 3. The van der Waals surface area contributed by atoms with Crippen LogP contribution in [0.5, 0.6) is 0 Å². The molecule has 1 unspecified atom stereocenters. The summed E-state index contributed by atoms with van der Waals surface area (Å²) in [7, 11) is 0. The summed E-state index contributed by atoms with van der Waals surface area (Å²) in [5, 5.41) is 13.8. The van der Waals surface area contributed by atoms with Gasteiger partial charge in [0.05, 0.1) is 23.4 Å². The van der Waals surface area contributed by atoms with E-state index in [-0.39, 0.29) is 17.8 Å². The van der Waals surface area contributed by atoms with Crippen LogP contribution in [0, 0.1) is 5.41 Å². The maximum Gasteiger partial charge on any atom is 0.416 e. The molecule has 3 rings (SSSR count). The molecule has 0 aliphatic carbocycles. The highest BCUT2D eigenvalue weighted by molar-refractivity contribution is 7.99. The van der Waals surface area contributed by atoms with Gasteiger partial charge in [0.1, 0.15) is 0 Å². The lowest BCUT2D eigenvalue weighted by molar-refractivity contribution is -0.138. The molecule has 0 fully saturated rings. The predicted molar refractivity (Wildman–Crippen MR) is 129 cm³/mol. The van der Waals surface area contributed by atoms with Crippen molar-refractivity contribution in [2.24, 2.45) is 5.41 Å². The van der Waals surface area contributed by atoms with E-state index >= 15 is 0 Å². The second-order valence-corrected chi connectivity index (χ2v) is 10.8. The third kappa shape index (κ3) is 7.13. The Labute approximate surface area is 202 Å². The van der Waals surface area contributed by atoms with Crippen molar-refractivity contribution in [3.05, 3.63) is 77.1 Å². The van der Waals surface area contributed by atoms with E-state index in [1.807, 2.05) is 24.4 Å². The van der Waals surface area contributed by atoms with E-state index in [1.54, 1.807) is 22.5 Å². The molecule has 1 heterocycles. The van der Waals surface area contributed by atoms with Crippen molar-refractivity contribution in [3.8, 4) is 5.69 Å². The summed E-state index contributed by atoms with van der Waals surface area (Å²) in [4.78, 5) is 12.0. The zero-order chi connectivity index (χ0) is 25.1. The largest absolute Gasteiger partial charge is 0.481 e. The van der Waals surface area contributed by atoms with E-state index in [4.69, 9.17) is 10.2 Å². The molecule has 0 aliphatic rings. The van der Waals surface area contributed by atoms with Crippen LogP contribution in [0.2, 0.25) is 0 Å². The van der Waals surface area contributed by atoms with Crippen LogP contribution < -0.4 is 0 Å². The normalized spacial score (nSPS) is 13.1. The number of hydrogen-bond acceptors (Lipinski definition) is 3. The number of hydrogen-bond donors (Lipinski definition) is 1. The second-order valence-electron chi connectivity index (χ2n) is 9.69. The molecule has 0 aliphatic heterocycles. The fourth-order valence-electron chi connectivity index (χ4n) is 3.64. The van der Waals surface area contributed by atoms with Gasteiger partial charge in [0.25, 0.3) is 0 Å². The number of aliphatic carboxylic acids is 1. The number of benzene rings is 2. The van der Waals surface area contributed by atoms with E-state index in [1.165, 1.54) is 12.1 Å². The van der Waals surface area contributed by atoms with Gasteiger partial charge in [-0.25, -0.2) is 4.68 Å². The van der Waals surface area contributed by atoms with Crippen LogP contribution in [0.25, 0.3) is 5.69 Å². The molecule has 0 spiro atoms. The average Bonchev–Trinajstić information content (AvgIpc) is 3.13. The first kappa shape index (κ1) is 25.9. The number of aromatic nitrogens is 2. The molecular weight excluding hydrogens is 461 g/mol. The first-order chi connectivity index (χ1) is 15.8. The molecule has 0 saturated carbocycles. The minimum absolute atomic E-state index is 0.00784. The summed E-state index contributed by atoms with van der Waals surface area (Å²) < 4.78 is 40.5. The molecular formula is C26H29F3N2O2S. The Morgan fingerprint density at radius 2 is 1.79 bits per heavy atom. The van der Waals surface area contributed by atoms with Crippen molar-refractivity contribution in [1.29, 1.82) is 0 Å². The first-order valence-electron chi connectivity index (χ1n) is 11.0. The Morgan fingerprint density at radius 1 is 1.12 bits per heavy atom. The van der Waals surface area contributed by atoms with E-state index in [9.17, 15) is 18.0 Å². The van der Waals surface area contributed by atoms with Gasteiger partial charge in [-0.1, -0.05) is 39.8 Å². The van der Waals surface area contributed by atoms with Crippen LogP contribution in [0.3, 0.4) is 0 Å². The highest BCUT2D eigenvalue weighted by atomic mass is 32.2. The number of carboxylic acid groups (broad SMARTS) is 1. The Bertz CT molecular complexity index is 1130. The summed E-state index contributed by atoms with van der Waals surface area (Å²) in [6.07, 6.45) is -1.74. The molecule has 182 valence electrons. The van der Waals surface area contributed by atoms with Crippen LogP contribution in [-0.2, 0) is 23.8 Å². The Balaban J connectivity index is 1.83. The van der Waals surface area contributed by atoms with Gasteiger partial charge >= 0.3 is 12.1 Å². The number of thioether (sulfide) groups is 1. The summed E-state index contributed by atoms with van der Waals surface area (Å²) in [6, 6.07) is 12.5. The standard InChI is InChI=1S/C26H29F3N2O2S/c1-17(16-34-21-7-5-6-18(12-21)13-24(32)33)22-15-31(30-23(22)14-25(2,3)4)20-10-8-19(9-11-20)26(27,28)29/h5-12,15,17H,13-14,16H2,1-4H3,(H,32,33). The van der Waals surface area contributed by atoms with Crippen molar-refractivity contribution in [2.75, 3.05) is 5.75 Å². The highest BCUT2D eigenvalue weighted by Gasteiger charge is 2.30. The molecule has 4 nitrogen and oxygen atoms in total. The van der Waals surface area contributed by atoms with Crippen LogP contribution in [0.15, 0.2) is 59.6 Å². The lowest BCUT2D eigenvalue weighted by atomic mass is 9.88. The van der Waals surface area contributed by atoms with E-state index in [0.29, 0.717) is 5.69 Å². The minimum atomic E-state index is -4.38. The lowest BCUT2D eigenvalue weighted by Gasteiger charge is -2.19. The van der Waals surface area contributed by atoms with Crippen molar-refractivity contribution in [3.63, 3.8) is 0 Å². The van der Waals surface area contributed by atoms with Crippen LogP contribution in [-0.4, -0.2) is 26.6 Å². The van der Waals surface area contributed by atoms with Gasteiger partial charge < -0.3 is 5.11 Å². The SMILES string of the molecule is CC(CSc1cccc(CC(=O)O)c1)c1cn(-c2ccc(C(F)(F)F)cc2)nc1CC(C)(C)C. The van der Waals surface area contributed by atoms with Gasteiger partial charge in [-0.2, -0.15) is 18.3 Å². The topological polar surface area (TPSA) is 55.1 Å². The second kappa shape index (κ2) is 10.3. The van der Waals surface area contributed by atoms with Gasteiger partial charge in [-0.05, 0) is 65.3 Å². The number of carbonyl (C=O) groups is 1. The van der Waals surface area contributed by atoms with E-state index in [2.05, 4.69) is 27.7 Å². The van der Waals surface area contributed by atoms with Gasteiger partial charge in [0.15, 0.2) is 0 Å². The van der Waals surface area contributed by atoms with Crippen molar-refractivity contribution < 1.29 is 23.1 Å². The first-order valence-corrected chi connectivity index (χ1v) is 12.0. The van der Waals surface area contributed by atoms with E-state index in [0.717, 1.165) is 46.0 Å². The third-order valence-electron chi connectivity index (χ3n) is 5.26. The summed E-state index contributed by atoms with van der Waals surface area (Å²) in [5.74, 6) is 0.0264. The summed E-state index contributed by atoms with van der Waals surface area (Å²) in [6.45, 7) is 8.48. The molecule has 0 amide bonds. The molecule has 0 saturated heterocycles. The van der Waals surface area contributed by atoms with Gasteiger partial charge in [0.2, 0.25) is 0 Å². The maximum absolute atomic E-state index is 12.9. The van der Waals surface area contributed by atoms with Crippen LogP contribution in [0.1, 0.15) is 56.0 Å². The van der Waals surface area contributed by atoms with E-state index < -0.39 is 17.7 Å². The van der Waals surface area contributed by atoms with Crippen molar-refractivity contribution in [1.82, 2.24) is 9.78 Å². The van der Waals surface area contributed by atoms with Gasteiger partial charge in [-0.15, -0.1) is 11.8 Å². The smallest absolute Gasteiger partial charge is 0.416 e. The fraction of sp³-hybridized carbons (Fsp3) is 0.385. The zero-order valence-electron chi connectivity index (χ0n) is 19.7. The zero-order valence-corrected chi connectivity index (χ0v) is 20.5. The highest BCUT2D eigenvalue weighted by Crippen LogP contribution is 2.33. The number of carboxylic acids is 1. The summed E-state index contributed by atoms with van der Waals surface area (Å²) >= 11 is 1.65. The molecule has 0 radical (unpaired) electrons. The Morgan fingerprint density at radius 3 is 2.38 bits per heavy atom. The van der Waals surface area contributed by atoms with Crippen molar-refractivity contribution >= 4 is 17.7 Å². The van der Waals surface area contributed by atoms with Gasteiger partial charge in [0, 0.05) is 16.8 Å². The lowest BCUT2D eigenvalue weighted by Crippen LogP contribution is -2.12. The third-order valence-corrected chi connectivity index (χ3v) is 6.52. The molecule has 1 N–H and O–H groups in total. The predicted octanol–water partition coefficient (Wildman–Crippen LogP) is 7.00. The summed E-state index contributed by atoms with van der Waals surface area (Å²) in [5.41, 5.74) is 2.63. The van der Waals surface area contributed by atoms with Crippen molar-refractivity contribution in [2.45, 2.75) is 57.5 Å². The number of nitrogens with zero attached hydrogens (tertiary/aromatic N) is 2. The molecule has 2 aromatic carbocycles. The number of halogens is 3. The average molecular weight is 491 g/mol. The van der Waals surface area contributed by atoms with Crippen LogP contribution >= 0.6 is 11.8 Å². The quantitative estimate of drug-likeness (QED) is 0.345. The number of rotatable bonds is 8. The molecule has 8 heteroatoms. The molecule has 3 aromatic rings. The minimum Gasteiger partial charge on any atom is -0.481 e. The van der Waals surface area contributed by atoms with Gasteiger partial charge in [-0.3, -0.25) is 4.79 Å².